The molecule has 2 aliphatic rings. The smallest absolute Gasteiger partial charge is 0.254 e. The lowest BCUT2D eigenvalue weighted by Gasteiger charge is -2.37. The van der Waals surface area contributed by atoms with Crippen LogP contribution in [0, 0.1) is 5.92 Å². The number of amides is 1. The normalized spacial score (nSPS) is 26.2. The Morgan fingerprint density at radius 1 is 1.37 bits per heavy atom. The van der Waals surface area contributed by atoms with E-state index < -0.39 is 5.56 Å². The maximum Gasteiger partial charge on any atom is 0.254 e. The molecule has 2 saturated heterocycles. The van der Waals surface area contributed by atoms with Crippen LogP contribution in [-0.4, -0.2) is 46.6 Å². The van der Waals surface area contributed by atoms with E-state index in [9.17, 15) is 14.7 Å². The Balaban J connectivity index is 1.88. The van der Waals surface area contributed by atoms with Gasteiger partial charge in [0.05, 0.1) is 5.56 Å². The Bertz CT molecular complexity index is 554. The van der Waals surface area contributed by atoms with E-state index in [1.54, 1.807) is 0 Å². The topological polar surface area (TPSA) is 85.4 Å². The summed E-state index contributed by atoms with van der Waals surface area (Å²) in [6.07, 6.45) is 2.13. The van der Waals surface area contributed by atoms with Gasteiger partial charge in [0.2, 0.25) is 0 Å². The van der Waals surface area contributed by atoms with Crippen molar-refractivity contribution in [1.82, 2.24) is 15.2 Å². The molecule has 2 unspecified atom stereocenters. The highest BCUT2D eigenvalue weighted by atomic mass is 16.3. The second-order valence-corrected chi connectivity index (χ2v) is 5.24. The van der Waals surface area contributed by atoms with Crippen LogP contribution in [0.4, 0.5) is 0 Å². The summed E-state index contributed by atoms with van der Waals surface area (Å²) >= 11 is 0. The van der Waals surface area contributed by atoms with Crippen LogP contribution in [0.2, 0.25) is 0 Å². The molecule has 2 fully saturated rings. The lowest BCUT2D eigenvalue weighted by Crippen LogP contribution is -2.48. The first-order valence-electron chi connectivity index (χ1n) is 6.60. The molecule has 102 valence electrons. The first kappa shape index (κ1) is 12.2. The highest BCUT2D eigenvalue weighted by Gasteiger charge is 2.37. The van der Waals surface area contributed by atoms with Gasteiger partial charge in [-0.05, 0) is 18.8 Å². The number of piperidine rings is 1. The Labute approximate surface area is 110 Å². The van der Waals surface area contributed by atoms with Gasteiger partial charge in [0.1, 0.15) is 0 Å². The van der Waals surface area contributed by atoms with Gasteiger partial charge in [-0.15, -0.1) is 0 Å². The third-order valence-electron chi connectivity index (χ3n) is 4.02. The molecular formula is C13H17N3O3. The molecule has 3 N–H and O–H groups in total. The van der Waals surface area contributed by atoms with Gasteiger partial charge in [-0.3, -0.25) is 14.6 Å². The quantitative estimate of drug-likeness (QED) is 0.660. The maximum atomic E-state index is 12.5. The molecule has 0 aromatic carbocycles. The van der Waals surface area contributed by atoms with E-state index in [-0.39, 0.29) is 23.4 Å². The predicted octanol–water partition coefficient (Wildman–Crippen LogP) is -0.0955. The molecule has 1 aromatic rings. The monoisotopic (exact) mass is 263 g/mol. The number of fused-ring (bicyclic) bond motifs is 1. The molecule has 3 heterocycles. The summed E-state index contributed by atoms with van der Waals surface area (Å²) in [5.74, 6) is 0.0713. The Hall–Kier alpha value is -1.82. The lowest BCUT2D eigenvalue weighted by atomic mass is 9.91. The predicted molar refractivity (Wildman–Crippen MR) is 69.1 cm³/mol. The molecule has 3 rings (SSSR count). The van der Waals surface area contributed by atoms with E-state index in [2.05, 4.69) is 10.3 Å². The largest absolute Gasteiger partial charge is 0.494 e. The number of pyridine rings is 1. The maximum absolute atomic E-state index is 12.5. The summed E-state index contributed by atoms with van der Waals surface area (Å²) in [4.78, 5) is 27.9. The van der Waals surface area contributed by atoms with Crippen LogP contribution in [0.5, 0.6) is 5.88 Å². The van der Waals surface area contributed by atoms with Crippen LogP contribution in [0.15, 0.2) is 16.9 Å². The highest BCUT2D eigenvalue weighted by Crippen LogP contribution is 2.27. The number of nitrogens with zero attached hydrogens (tertiary/aromatic N) is 1. The number of carbonyl (C=O) groups is 1. The Kier molecular flexibility index (Phi) is 3.02. The number of hydrogen-bond acceptors (Lipinski definition) is 4. The molecule has 2 atom stereocenters. The Morgan fingerprint density at radius 2 is 2.21 bits per heavy atom. The van der Waals surface area contributed by atoms with Crippen molar-refractivity contribution in [2.45, 2.75) is 18.9 Å². The van der Waals surface area contributed by atoms with Crippen LogP contribution < -0.4 is 10.9 Å². The van der Waals surface area contributed by atoms with Gasteiger partial charge in [-0.2, -0.15) is 0 Å². The fraction of sp³-hybridized carbons (Fsp3) is 0.538. The summed E-state index contributed by atoms with van der Waals surface area (Å²) in [6.45, 7) is 2.48. The number of likely N-dealkylation sites (tertiary alicyclic amines) is 1. The number of H-pyrrole nitrogens is 1. The van der Waals surface area contributed by atoms with E-state index >= 15 is 0 Å². The molecule has 1 amide bonds. The molecule has 0 spiro atoms. The molecule has 0 radical (unpaired) electrons. The van der Waals surface area contributed by atoms with Crippen molar-refractivity contribution < 1.29 is 9.90 Å². The molecule has 0 saturated carbocycles. The van der Waals surface area contributed by atoms with Gasteiger partial charge < -0.3 is 15.3 Å². The fourth-order valence-corrected chi connectivity index (χ4v) is 3.14. The summed E-state index contributed by atoms with van der Waals surface area (Å²) < 4.78 is 0. The van der Waals surface area contributed by atoms with Gasteiger partial charge >= 0.3 is 0 Å². The van der Waals surface area contributed by atoms with Crippen LogP contribution in [0.25, 0.3) is 0 Å². The summed E-state index contributed by atoms with van der Waals surface area (Å²) in [5.41, 5.74) is -0.199. The number of aromatic hydroxyl groups is 1. The van der Waals surface area contributed by atoms with Crippen molar-refractivity contribution in [2.75, 3.05) is 19.6 Å². The van der Waals surface area contributed by atoms with Crippen LogP contribution in [0.1, 0.15) is 23.2 Å². The second kappa shape index (κ2) is 4.70. The second-order valence-electron chi connectivity index (χ2n) is 5.24. The van der Waals surface area contributed by atoms with Crippen molar-refractivity contribution in [2.24, 2.45) is 5.92 Å². The van der Waals surface area contributed by atoms with Gasteiger partial charge in [0.15, 0.2) is 5.88 Å². The summed E-state index contributed by atoms with van der Waals surface area (Å²) in [5, 5.41) is 12.7. The standard InChI is InChI=1S/C13H17N3O3/c17-11-4-9(5-12(18)15-11)13(19)16-3-1-2-8-6-14-7-10(8)16/h4-5,8,10,14H,1-3,6-7H2,(H2,15,17,18). The minimum atomic E-state index is -0.457. The molecule has 19 heavy (non-hydrogen) atoms. The summed E-state index contributed by atoms with van der Waals surface area (Å²) in [6, 6.07) is 2.77. The van der Waals surface area contributed by atoms with Gasteiger partial charge in [0.25, 0.3) is 11.5 Å². The minimum Gasteiger partial charge on any atom is -0.494 e. The van der Waals surface area contributed by atoms with Crippen LogP contribution >= 0.6 is 0 Å². The third kappa shape index (κ3) is 2.23. The van der Waals surface area contributed by atoms with Crippen LogP contribution in [0.3, 0.4) is 0 Å². The van der Waals surface area contributed by atoms with Gasteiger partial charge in [0, 0.05) is 37.8 Å². The molecule has 0 aliphatic carbocycles. The van der Waals surface area contributed by atoms with Crippen molar-refractivity contribution >= 4 is 5.91 Å². The number of nitrogens with one attached hydrogen (secondary N) is 2. The van der Waals surface area contributed by atoms with Gasteiger partial charge in [-0.25, -0.2) is 0 Å². The number of carbonyl (C=O) groups excluding carboxylic acids is 1. The van der Waals surface area contributed by atoms with E-state index in [1.165, 1.54) is 12.1 Å². The zero-order valence-electron chi connectivity index (χ0n) is 10.6. The molecular weight excluding hydrogens is 246 g/mol. The van der Waals surface area contributed by atoms with E-state index in [0.717, 1.165) is 32.5 Å². The molecule has 1 aromatic heterocycles. The average Bonchev–Trinajstić information content (AvgIpc) is 2.84. The van der Waals surface area contributed by atoms with Gasteiger partial charge in [-0.1, -0.05) is 0 Å². The molecule has 6 heteroatoms. The number of rotatable bonds is 1. The van der Waals surface area contributed by atoms with Crippen molar-refractivity contribution in [3.8, 4) is 5.88 Å². The van der Waals surface area contributed by atoms with Crippen molar-refractivity contribution in [3.63, 3.8) is 0 Å². The number of hydrogen-bond donors (Lipinski definition) is 3. The zero-order chi connectivity index (χ0) is 13.4. The third-order valence-corrected chi connectivity index (χ3v) is 4.02. The molecule has 2 aliphatic heterocycles. The summed E-state index contributed by atoms with van der Waals surface area (Å²) in [7, 11) is 0. The van der Waals surface area contributed by atoms with E-state index in [0.29, 0.717) is 5.92 Å². The first-order valence-corrected chi connectivity index (χ1v) is 6.60. The average molecular weight is 263 g/mol. The van der Waals surface area contributed by atoms with Crippen molar-refractivity contribution in [1.29, 1.82) is 0 Å². The SMILES string of the molecule is O=C(c1cc(O)[nH]c(=O)c1)N1CCCC2CNCC21. The zero-order valence-corrected chi connectivity index (χ0v) is 10.6. The Morgan fingerprint density at radius 3 is 3.00 bits per heavy atom. The lowest BCUT2D eigenvalue weighted by molar-refractivity contribution is 0.0574. The number of aromatic nitrogens is 1. The van der Waals surface area contributed by atoms with E-state index in [4.69, 9.17) is 0 Å². The highest BCUT2D eigenvalue weighted by molar-refractivity contribution is 5.94. The van der Waals surface area contributed by atoms with Crippen molar-refractivity contribution in [3.05, 3.63) is 28.0 Å². The molecule has 6 nitrogen and oxygen atoms in total. The molecule has 0 bridgehead atoms. The first-order chi connectivity index (χ1) is 9.15. The van der Waals surface area contributed by atoms with Crippen LogP contribution in [-0.2, 0) is 0 Å². The van der Waals surface area contributed by atoms with E-state index in [1.807, 2.05) is 4.90 Å². The fourth-order valence-electron chi connectivity index (χ4n) is 3.14. The number of aromatic amines is 1. The minimum absolute atomic E-state index is 0.167.